The molecule has 1 aliphatic rings. The third kappa shape index (κ3) is 1.98. The van der Waals surface area contributed by atoms with Crippen LogP contribution in [0.1, 0.15) is 13.3 Å². The van der Waals surface area contributed by atoms with E-state index in [-0.39, 0.29) is 17.0 Å². The second kappa shape index (κ2) is 3.78. The Morgan fingerprint density at radius 2 is 2.25 bits per heavy atom. The molecule has 43 valence electrons. The van der Waals surface area contributed by atoms with Crippen molar-refractivity contribution in [2.45, 2.75) is 13.3 Å². The molecule has 0 saturated heterocycles. The monoisotopic (exact) mass is 339 g/mol. The average molecular weight is 339 g/mol. The van der Waals surface area contributed by atoms with Gasteiger partial charge >= 0.3 is 58.8 Å². The molecule has 0 spiro atoms. The van der Waals surface area contributed by atoms with Gasteiger partial charge in [-0.25, -0.2) is 0 Å². The van der Waals surface area contributed by atoms with Crippen molar-refractivity contribution < 1.29 is 24.4 Å². The Balaban J connectivity index is 0.000000490. The van der Waals surface area contributed by atoms with Crippen LogP contribution in [-0.4, -0.2) is 0 Å². The van der Waals surface area contributed by atoms with E-state index in [1.165, 1.54) is 36.4 Å². The zero-order valence-corrected chi connectivity index (χ0v) is 10.1. The summed E-state index contributed by atoms with van der Waals surface area (Å²) in [5.74, 6) is 0. The molecule has 0 aromatic heterocycles. The van der Waals surface area contributed by atoms with Gasteiger partial charge in [0.1, 0.15) is 0 Å². The van der Waals surface area contributed by atoms with Crippen molar-refractivity contribution in [3.8, 4) is 0 Å². The van der Waals surface area contributed by atoms with E-state index >= 15 is 0 Å². The van der Waals surface area contributed by atoms with Gasteiger partial charge in [-0.2, -0.15) is 0 Å². The van der Waals surface area contributed by atoms with Gasteiger partial charge in [0.15, 0.2) is 0 Å². The molecule has 0 heterocycles. The first-order chi connectivity index (χ1) is 3.30. The van der Waals surface area contributed by atoms with Crippen molar-refractivity contribution in [3.05, 3.63) is 21.1 Å². The first-order valence-electron chi connectivity index (χ1n) is 2.38. The van der Waals surface area contributed by atoms with Gasteiger partial charge in [0.05, 0.1) is 0 Å². The molecule has 8 heavy (non-hydrogen) atoms. The molecule has 0 aliphatic heterocycles. The normalized spacial score (nSPS) is 16.5. The summed E-state index contributed by atoms with van der Waals surface area (Å²) in [4.78, 5) is 0. The Kier molecular flexibility index (Phi) is 4.17. The molecular formula is C6H8BrHf. The average Bonchev–Trinajstić information content (AvgIpc) is 1.91. The minimum atomic E-state index is 0. The fourth-order valence-corrected chi connectivity index (χ4v) is 1.34. The summed E-state index contributed by atoms with van der Waals surface area (Å²) < 4.78 is 1.65. The molecule has 2 heteroatoms. The topological polar surface area (TPSA) is 0 Å². The molecular weight excluding hydrogens is 330 g/mol. The summed E-state index contributed by atoms with van der Waals surface area (Å²) in [6, 6.07) is 0. The van der Waals surface area contributed by atoms with Crippen LogP contribution in [0.2, 0.25) is 0 Å². The molecule has 0 amide bonds. The summed E-state index contributed by atoms with van der Waals surface area (Å²) >= 11 is 1.25. The third-order valence-electron chi connectivity index (χ3n) is 1.17. The number of halogens is 1. The molecule has 0 atom stereocenters. The fraction of sp³-hybridized carbons (Fsp3) is 0.333. The van der Waals surface area contributed by atoms with Gasteiger partial charge in [-0.15, -0.1) is 17.0 Å². The molecule has 0 aromatic carbocycles. The molecule has 0 N–H and O–H groups in total. The molecule has 0 nitrogen and oxygen atoms in total. The van der Waals surface area contributed by atoms with Crippen LogP contribution >= 0.6 is 17.0 Å². The van der Waals surface area contributed by atoms with Gasteiger partial charge in [0.2, 0.25) is 0 Å². The number of hydrogen-bond acceptors (Lipinski definition) is 0. The van der Waals surface area contributed by atoms with Crippen molar-refractivity contribution in [2.75, 3.05) is 0 Å². The van der Waals surface area contributed by atoms with Crippen LogP contribution in [0.25, 0.3) is 0 Å². The molecule has 1 rings (SSSR count). The Morgan fingerprint density at radius 1 is 1.62 bits per heavy atom. The summed E-state index contributed by atoms with van der Waals surface area (Å²) in [5, 5.41) is 0. The molecule has 0 radical (unpaired) electrons. The van der Waals surface area contributed by atoms with Crippen molar-refractivity contribution in [1.82, 2.24) is 0 Å². The van der Waals surface area contributed by atoms with E-state index in [1.54, 1.807) is 3.33 Å². The van der Waals surface area contributed by atoms with Gasteiger partial charge in [-0.3, -0.25) is 0 Å². The van der Waals surface area contributed by atoms with E-state index < -0.39 is 0 Å². The van der Waals surface area contributed by atoms with E-state index in [0.29, 0.717) is 0 Å². The Labute approximate surface area is 75.4 Å². The predicted octanol–water partition coefficient (Wildman–Crippen LogP) is 2.35. The Hall–Kier alpha value is 0.830. The van der Waals surface area contributed by atoms with Crippen LogP contribution in [0.15, 0.2) is 21.1 Å². The summed E-state index contributed by atoms with van der Waals surface area (Å²) in [6.07, 6.45) is 5.68. The van der Waals surface area contributed by atoms with Gasteiger partial charge < -0.3 is 0 Å². The van der Waals surface area contributed by atoms with Crippen LogP contribution < -0.4 is 0 Å². The van der Waals surface area contributed by atoms with Crippen molar-refractivity contribution in [3.63, 3.8) is 0 Å². The van der Waals surface area contributed by atoms with Crippen molar-refractivity contribution >= 4 is 17.0 Å². The zero-order valence-electron chi connectivity index (χ0n) is 4.77. The predicted molar refractivity (Wildman–Crippen MR) is 36.8 cm³/mol. The standard InChI is InChI=1S/C6H7.BrH.Hf/c1-6-4-2-3-5-6;;/h2,4H,3H2,1H3;1H;. The molecule has 0 saturated carbocycles. The SMILES string of the molecule is Br.CC1=[C]([Hf])CC=C1. The van der Waals surface area contributed by atoms with Crippen LogP contribution in [0.5, 0.6) is 0 Å². The summed E-state index contributed by atoms with van der Waals surface area (Å²) in [7, 11) is 0. The van der Waals surface area contributed by atoms with Crippen LogP contribution in [-0.2, 0) is 24.4 Å². The van der Waals surface area contributed by atoms with Gasteiger partial charge in [0.25, 0.3) is 0 Å². The number of rotatable bonds is 0. The maximum absolute atomic E-state index is 2.23. The second-order valence-corrected chi connectivity index (χ2v) is 3.94. The molecule has 0 bridgehead atoms. The van der Waals surface area contributed by atoms with Crippen LogP contribution in [0.4, 0.5) is 0 Å². The van der Waals surface area contributed by atoms with Gasteiger partial charge in [-0.1, -0.05) is 0 Å². The summed E-state index contributed by atoms with van der Waals surface area (Å²) in [6.45, 7) is 2.19. The molecule has 0 aromatic rings. The number of allylic oxidation sites excluding steroid dienone is 4. The fourth-order valence-electron chi connectivity index (χ4n) is 0.615. The second-order valence-electron chi connectivity index (χ2n) is 1.77. The third-order valence-corrected chi connectivity index (χ3v) is 3.32. The number of hydrogen-bond donors (Lipinski definition) is 0. The Bertz CT molecular complexity index is 135. The van der Waals surface area contributed by atoms with E-state index in [2.05, 4.69) is 19.1 Å². The first-order valence-corrected chi connectivity index (χ1v) is 4.18. The van der Waals surface area contributed by atoms with Gasteiger partial charge in [-0.05, 0) is 0 Å². The van der Waals surface area contributed by atoms with Crippen LogP contribution in [0.3, 0.4) is 0 Å². The van der Waals surface area contributed by atoms with E-state index in [4.69, 9.17) is 0 Å². The zero-order chi connectivity index (χ0) is 5.28. The van der Waals surface area contributed by atoms with E-state index in [9.17, 15) is 0 Å². The minimum absolute atomic E-state index is 0. The van der Waals surface area contributed by atoms with Crippen molar-refractivity contribution in [2.24, 2.45) is 0 Å². The Morgan fingerprint density at radius 3 is 2.38 bits per heavy atom. The molecule has 0 fully saturated rings. The quantitative estimate of drug-likeness (QED) is 0.595. The van der Waals surface area contributed by atoms with Crippen molar-refractivity contribution in [1.29, 1.82) is 0 Å². The maximum atomic E-state index is 2.23. The first kappa shape index (κ1) is 8.83. The van der Waals surface area contributed by atoms with Gasteiger partial charge in [0, 0.05) is 0 Å². The van der Waals surface area contributed by atoms with E-state index in [0.717, 1.165) is 0 Å². The molecule has 1 aliphatic carbocycles. The van der Waals surface area contributed by atoms with Crippen LogP contribution in [0, 0.1) is 0 Å². The molecule has 0 unspecified atom stereocenters. The summed E-state index contributed by atoms with van der Waals surface area (Å²) in [5.41, 5.74) is 1.51. The van der Waals surface area contributed by atoms with E-state index in [1.807, 2.05) is 0 Å².